The second-order valence-corrected chi connectivity index (χ2v) is 8.25. The van der Waals surface area contributed by atoms with Crippen LogP contribution in [-0.4, -0.2) is 61.0 Å². The third kappa shape index (κ3) is 3.70. The molecule has 2 aromatic carbocycles. The molecule has 0 spiro atoms. The second-order valence-electron chi connectivity index (χ2n) is 8.25. The van der Waals surface area contributed by atoms with Crippen LogP contribution in [-0.2, 0) is 11.2 Å². The van der Waals surface area contributed by atoms with Crippen molar-refractivity contribution in [1.29, 1.82) is 0 Å². The third-order valence-electron chi connectivity index (χ3n) is 6.18. The SMILES string of the molecule is CCCN1C(=O)Cc2cc(C(=O)CN3CCN(c4noc5ccccc45)CC3)ccc21. The van der Waals surface area contributed by atoms with E-state index in [1.54, 1.807) is 0 Å². The maximum Gasteiger partial charge on any atom is 0.231 e. The van der Waals surface area contributed by atoms with Crippen molar-refractivity contribution in [2.24, 2.45) is 0 Å². The van der Waals surface area contributed by atoms with Crippen LogP contribution in [0.1, 0.15) is 29.3 Å². The van der Waals surface area contributed by atoms with Crippen LogP contribution in [0.3, 0.4) is 0 Å². The van der Waals surface area contributed by atoms with Crippen LogP contribution in [0.25, 0.3) is 11.0 Å². The molecule has 7 nitrogen and oxygen atoms in total. The van der Waals surface area contributed by atoms with E-state index in [0.717, 1.165) is 67.2 Å². The van der Waals surface area contributed by atoms with Gasteiger partial charge in [0.1, 0.15) is 0 Å². The number of carbonyl (C=O) groups excluding carboxylic acids is 2. The van der Waals surface area contributed by atoms with Crippen molar-refractivity contribution >= 4 is 34.2 Å². The molecule has 0 saturated carbocycles. The average Bonchev–Trinajstić information content (AvgIpc) is 3.35. The maximum atomic E-state index is 12.9. The van der Waals surface area contributed by atoms with Gasteiger partial charge in [-0.1, -0.05) is 24.2 Å². The molecule has 2 aliphatic heterocycles. The van der Waals surface area contributed by atoms with E-state index in [1.807, 2.05) is 47.4 Å². The van der Waals surface area contributed by atoms with Gasteiger partial charge in [0, 0.05) is 44.0 Å². The number of para-hydroxylation sites is 1. The summed E-state index contributed by atoms with van der Waals surface area (Å²) in [5.41, 5.74) is 3.40. The lowest BCUT2D eigenvalue weighted by atomic mass is 10.0. The summed E-state index contributed by atoms with van der Waals surface area (Å²) < 4.78 is 5.43. The number of fused-ring (bicyclic) bond motifs is 2. The molecular weight excluding hydrogens is 392 g/mol. The summed E-state index contributed by atoms with van der Waals surface area (Å²) in [6.45, 7) is 6.36. The fraction of sp³-hybridized carbons (Fsp3) is 0.375. The Bertz CT molecular complexity index is 1130. The van der Waals surface area contributed by atoms with E-state index in [2.05, 4.69) is 21.9 Å². The van der Waals surface area contributed by atoms with Crippen molar-refractivity contribution in [3.05, 3.63) is 53.6 Å². The lowest BCUT2D eigenvalue weighted by Crippen LogP contribution is -2.48. The smallest absolute Gasteiger partial charge is 0.231 e. The Morgan fingerprint density at radius 1 is 1.10 bits per heavy atom. The first kappa shape index (κ1) is 19.8. The van der Waals surface area contributed by atoms with E-state index >= 15 is 0 Å². The normalized spacial score (nSPS) is 16.9. The average molecular weight is 418 g/mol. The zero-order valence-corrected chi connectivity index (χ0v) is 17.7. The molecule has 1 amide bonds. The maximum absolute atomic E-state index is 12.9. The number of benzene rings is 2. The Kier molecular flexibility index (Phi) is 5.19. The molecule has 0 N–H and O–H groups in total. The molecule has 3 heterocycles. The Morgan fingerprint density at radius 2 is 1.90 bits per heavy atom. The Labute approximate surface area is 181 Å². The molecule has 3 aromatic rings. The highest BCUT2D eigenvalue weighted by atomic mass is 16.5. The van der Waals surface area contributed by atoms with Gasteiger partial charge in [-0.15, -0.1) is 0 Å². The molecule has 160 valence electrons. The molecule has 2 aliphatic rings. The van der Waals surface area contributed by atoms with Crippen LogP contribution in [0.4, 0.5) is 11.5 Å². The van der Waals surface area contributed by atoms with Crippen molar-refractivity contribution in [3.8, 4) is 0 Å². The van der Waals surface area contributed by atoms with Crippen LogP contribution in [0.5, 0.6) is 0 Å². The van der Waals surface area contributed by atoms with Gasteiger partial charge in [-0.2, -0.15) is 0 Å². The van der Waals surface area contributed by atoms with Gasteiger partial charge in [0.25, 0.3) is 0 Å². The predicted octanol–water partition coefficient (Wildman–Crippen LogP) is 3.13. The van der Waals surface area contributed by atoms with Gasteiger partial charge in [0.15, 0.2) is 17.2 Å². The van der Waals surface area contributed by atoms with Gasteiger partial charge in [0.05, 0.1) is 18.4 Å². The van der Waals surface area contributed by atoms with Crippen LogP contribution in [0.15, 0.2) is 47.0 Å². The van der Waals surface area contributed by atoms with Crippen molar-refractivity contribution in [2.75, 3.05) is 49.1 Å². The van der Waals surface area contributed by atoms with Crippen LogP contribution in [0.2, 0.25) is 0 Å². The molecule has 0 unspecified atom stereocenters. The minimum Gasteiger partial charge on any atom is -0.354 e. The number of amides is 1. The number of piperazine rings is 1. The summed E-state index contributed by atoms with van der Waals surface area (Å²) in [5.74, 6) is 1.10. The molecule has 31 heavy (non-hydrogen) atoms. The fourth-order valence-corrected chi connectivity index (χ4v) is 4.54. The molecule has 0 bridgehead atoms. The van der Waals surface area contributed by atoms with Crippen LogP contribution in [0, 0.1) is 0 Å². The number of nitrogens with zero attached hydrogens (tertiary/aromatic N) is 4. The molecule has 0 atom stereocenters. The number of Topliss-reactive ketones (excluding diaryl/α,β-unsaturated/α-hetero) is 1. The fourth-order valence-electron chi connectivity index (χ4n) is 4.54. The van der Waals surface area contributed by atoms with E-state index < -0.39 is 0 Å². The highest BCUT2D eigenvalue weighted by Crippen LogP contribution is 2.30. The summed E-state index contributed by atoms with van der Waals surface area (Å²) in [4.78, 5) is 31.4. The monoisotopic (exact) mass is 418 g/mol. The minimum atomic E-state index is 0.101. The van der Waals surface area contributed by atoms with E-state index in [1.165, 1.54) is 0 Å². The summed E-state index contributed by atoms with van der Waals surface area (Å²) in [6.07, 6.45) is 1.31. The molecule has 0 radical (unpaired) electrons. The van der Waals surface area contributed by atoms with Gasteiger partial charge in [-0.25, -0.2) is 0 Å². The predicted molar refractivity (Wildman–Crippen MR) is 120 cm³/mol. The summed E-state index contributed by atoms with van der Waals surface area (Å²) >= 11 is 0. The van der Waals surface area contributed by atoms with E-state index in [-0.39, 0.29) is 11.7 Å². The standard InChI is InChI=1S/C24H26N4O3/c1-2-9-28-20-8-7-17(14-18(20)15-23(28)30)21(29)16-26-10-12-27(13-11-26)24-19-5-3-4-6-22(19)31-25-24/h3-8,14H,2,9-13,15-16H2,1H3. The van der Waals surface area contributed by atoms with Gasteiger partial charge in [-0.05, 0) is 42.3 Å². The molecule has 0 aliphatic carbocycles. The number of carbonyl (C=O) groups is 2. The molecule has 7 heteroatoms. The van der Waals surface area contributed by atoms with Crippen molar-refractivity contribution in [3.63, 3.8) is 0 Å². The summed E-state index contributed by atoms with van der Waals surface area (Å²) in [6, 6.07) is 13.6. The van der Waals surface area contributed by atoms with E-state index in [0.29, 0.717) is 18.5 Å². The Hall–Kier alpha value is -3.19. The van der Waals surface area contributed by atoms with Crippen LogP contribution >= 0.6 is 0 Å². The summed E-state index contributed by atoms with van der Waals surface area (Å²) in [7, 11) is 0. The van der Waals surface area contributed by atoms with Gasteiger partial charge < -0.3 is 14.3 Å². The van der Waals surface area contributed by atoms with Crippen molar-refractivity contribution in [1.82, 2.24) is 10.1 Å². The lowest BCUT2D eigenvalue weighted by molar-refractivity contribution is -0.117. The first-order valence-electron chi connectivity index (χ1n) is 10.9. The Balaban J connectivity index is 1.22. The number of ketones is 1. The number of rotatable bonds is 6. The number of anilines is 2. The summed E-state index contributed by atoms with van der Waals surface area (Å²) in [5, 5.41) is 5.27. The molecule has 5 rings (SSSR count). The van der Waals surface area contributed by atoms with E-state index in [4.69, 9.17) is 4.52 Å². The zero-order valence-electron chi connectivity index (χ0n) is 17.7. The lowest BCUT2D eigenvalue weighted by Gasteiger charge is -2.34. The zero-order chi connectivity index (χ0) is 21.4. The molecular formula is C24H26N4O3. The van der Waals surface area contributed by atoms with Gasteiger partial charge in [0.2, 0.25) is 5.91 Å². The largest absolute Gasteiger partial charge is 0.354 e. The molecule has 1 saturated heterocycles. The number of hydrogen-bond donors (Lipinski definition) is 0. The van der Waals surface area contributed by atoms with Gasteiger partial charge in [-0.3, -0.25) is 14.5 Å². The minimum absolute atomic E-state index is 0.101. The third-order valence-corrected chi connectivity index (χ3v) is 6.18. The molecule has 1 aromatic heterocycles. The first-order valence-corrected chi connectivity index (χ1v) is 10.9. The highest BCUT2D eigenvalue weighted by molar-refractivity contribution is 6.04. The molecule has 1 fully saturated rings. The van der Waals surface area contributed by atoms with Crippen molar-refractivity contribution in [2.45, 2.75) is 19.8 Å². The quantitative estimate of drug-likeness (QED) is 0.573. The van der Waals surface area contributed by atoms with Gasteiger partial charge >= 0.3 is 0 Å². The first-order chi connectivity index (χ1) is 15.1. The highest BCUT2D eigenvalue weighted by Gasteiger charge is 2.28. The van der Waals surface area contributed by atoms with Crippen LogP contribution < -0.4 is 9.80 Å². The second kappa shape index (κ2) is 8.15. The van der Waals surface area contributed by atoms with Crippen molar-refractivity contribution < 1.29 is 14.1 Å². The topological polar surface area (TPSA) is 69.9 Å². The Morgan fingerprint density at radius 3 is 2.71 bits per heavy atom. The number of aromatic nitrogens is 1. The number of hydrogen-bond acceptors (Lipinski definition) is 6. The van der Waals surface area contributed by atoms with E-state index in [9.17, 15) is 9.59 Å².